The Balaban J connectivity index is 1.74. The van der Waals surface area contributed by atoms with E-state index >= 15 is 0 Å². The number of fused-ring (bicyclic) bond motifs is 2. The molecule has 7 nitrogen and oxygen atoms in total. The molecule has 2 heterocycles. The van der Waals surface area contributed by atoms with Crippen LogP contribution in [0, 0.1) is 5.41 Å². The van der Waals surface area contributed by atoms with Gasteiger partial charge in [0.15, 0.2) is 11.4 Å². The van der Waals surface area contributed by atoms with Gasteiger partial charge in [0.25, 0.3) is 0 Å². The Morgan fingerprint density at radius 1 is 1.29 bits per heavy atom. The molecular weight excluding hydrogens is 413 g/mol. The van der Waals surface area contributed by atoms with Crippen molar-refractivity contribution in [1.29, 1.82) is 0 Å². The number of hydrogen-bond donors (Lipinski definition) is 1. The number of ether oxygens (including phenoxy) is 1. The summed E-state index contributed by atoms with van der Waals surface area (Å²) in [5, 5.41) is 4.12. The fourth-order valence-corrected chi connectivity index (χ4v) is 4.21. The van der Waals surface area contributed by atoms with Gasteiger partial charge in [-0.1, -0.05) is 18.2 Å². The number of Topliss-reactive ketones (excluding diaryl/α,β-unsaturated/α-hetero) is 1. The molecule has 1 aliphatic carbocycles. The summed E-state index contributed by atoms with van der Waals surface area (Å²) in [5.41, 5.74) is 6.95. The number of anilines is 1. The zero-order chi connectivity index (χ0) is 22.4. The summed E-state index contributed by atoms with van der Waals surface area (Å²) in [7, 11) is 1.09. The second-order valence-electron chi connectivity index (χ2n) is 7.68. The second kappa shape index (κ2) is 7.36. The summed E-state index contributed by atoms with van der Waals surface area (Å²) >= 11 is 0. The molecule has 2 aromatic heterocycles. The highest BCUT2D eigenvalue weighted by Gasteiger charge is 2.51. The van der Waals surface area contributed by atoms with Gasteiger partial charge in [-0.2, -0.15) is 22.8 Å². The summed E-state index contributed by atoms with van der Waals surface area (Å²) in [6, 6.07) is 6.53. The van der Waals surface area contributed by atoms with Gasteiger partial charge in [-0.15, -0.1) is 0 Å². The number of alkyl halides is 3. The van der Waals surface area contributed by atoms with E-state index in [2.05, 4.69) is 14.8 Å². The van der Waals surface area contributed by atoms with Crippen molar-refractivity contribution < 1.29 is 27.5 Å². The maximum atomic E-state index is 13.3. The van der Waals surface area contributed by atoms with E-state index in [0.29, 0.717) is 28.2 Å². The average molecular weight is 432 g/mol. The van der Waals surface area contributed by atoms with Crippen LogP contribution in [0.4, 0.5) is 19.0 Å². The lowest BCUT2D eigenvalue weighted by Crippen LogP contribution is -2.41. The molecule has 0 amide bonds. The van der Waals surface area contributed by atoms with E-state index in [4.69, 9.17) is 5.73 Å². The van der Waals surface area contributed by atoms with Gasteiger partial charge in [0.2, 0.25) is 0 Å². The number of carbonyl (C=O) groups excluding carboxylic acids is 2. The normalized spacial score (nSPS) is 18.8. The number of aryl methyl sites for hydroxylation is 1. The van der Waals surface area contributed by atoms with Crippen molar-refractivity contribution in [2.75, 3.05) is 12.8 Å². The van der Waals surface area contributed by atoms with E-state index in [1.54, 1.807) is 30.6 Å². The number of ketones is 1. The maximum absolute atomic E-state index is 13.3. The van der Waals surface area contributed by atoms with Crippen LogP contribution < -0.4 is 5.73 Å². The predicted molar refractivity (Wildman–Crippen MR) is 105 cm³/mol. The Morgan fingerprint density at radius 2 is 2.06 bits per heavy atom. The summed E-state index contributed by atoms with van der Waals surface area (Å²) in [4.78, 5) is 29.3. The number of methoxy groups -OCH3 is 1. The predicted octanol–water partition coefficient (Wildman–Crippen LogP) is 3.61. The number of nitrogens with zero attached hydrogens (tertiary/aromatic N) is 3. The number of esters is 1. The van der Waals surface area contributed by atoms with Gasteiger partial charge in [-0.3, -0.25) is 9.59 Å². The van der Waals surface area contributed by atoms with Crippen LogP contribution in [0.1, 0.15) is 35.2 Å². The highest BCUT2D eigenvalue weighted by molar-refractivity contribution is 6.05. The molecule has 0 saturated carbocycles. The van der Waals surface area contributed by atoms with Crippen molar-refractivity contribution in [2.24, 2.45) is 5.41 Å². The van der Waals surface area contributed by atoms with Crippen LogP contribution in [0.25, 0.3) is 16.8 Å². The van der Waals surface area contributed by atoms with E-state index in [0.717, 1.165) is 7.11 Å². The van der Waals surface area contributed by atoms with Crippen molar-refractivity contribution in [3.63, 3.8) is 0 Å². The molecular formula is C21H19F3N4O3. The highest BCUT2D eigenvalue weighted by Crippen LogP contribution is 2.46. The van der Waals surface area contributed by atoms with E-state index in [-0.39, 0.29) is 18.4 Å². The number of rotatable bonds is 4. The lowest BCUT2D eigenvalue weighted by molar-refractivity contribution is -0.161. The van der Waals surface area contributed by atoms with E-state index in [1.807, 2.05) is 0 Å². The minimum Gasteiger partial charge on any atom is -0.469 e. The summed E-state index contributed by atoms with van der Waals surface area (Å²) < 4.78 is 45.9. The van der Waals surface area contributed by atoms with Gasteiger partial charge >= 0.3 is 12.1 Å². The number of hydrogen-bond acceptors (Lipinski definition) is 6. The Hall–Kier alpha value is -3.43. The van der Waals surface area contributed by atoms with Gasteiger partial charge in [0, 0.05) is 23.4 Å². The third-order valence-corrected chi connectivity index (χ3v) is 5.72. The lowest BCUT2D eigenvalue weighted by atomic mass is 9.66. The number of halogens is 3. The molecule has 0 bridgehead atoms. The van der Waals surface area contributed by atoms with Crippen LogP contribution in [0.2, 0.25) is 0 Å². The topological polar surface area (TPSA) is 99.6 Å². The fourth-order valence-electron chi connectivity index (χ4n) is 4.21. The molecule has 0 fully saturated rings. The van der Waals surface area contributed by atoms with Crippen LogP contribution in [0.15, 0.2) is 36.7 Å². The summed E-state index contributed by atoms with van der Waals surface area (Å²) in [6.07, 6.45) is -3.33. The third kappa shape index (κ3) is 3.73. The van der Waals surface area contributed by atoms with E-state index in [1.165, 1.54) is 10.6 Å². The fraction of sp³-hybridized carbons (Fsp3) is 0.333. The molecule has 10 heteroatoms. The lowest BCUT2D eigenvalue weighted by Gasteiger charge is -2.36. The number of benzene rings is 1. The standard InChI is InChI=1S/C21H19F3N4O3/c1-31-17(29)9-20(11-21(22,23)24)6-4-13-8-12(2-3-14(13)18(20)30)15-10-26-16-5-7-27-28(16)19(15)25/h2-3,5,7-8,10H,4,6,9,11,25H2,1H3. The smallest absolute Gasteiger partial charge is 0.390 e. The molecule has 0 radical (unpaired) electrons. The summed E-state index contributed by atoms with van der Waals surface area (Å²) in [5.74, 6) is -1.19. The maximum Gasteiger partial charge on any atom is 0.390 e. The third-order valence-electron chi connectivity index (χ3n) is 5.72. The minimum absolute atomic E-state index is 0.108. The van der Waals surface area contributed by atoms with Crippen molar-refractivity contribution >= 4 is 23.2 Å². The largest absolute Gasteiger partial charge is 0.469 e. The van der Waals surface area contributed by atoms with Crippen molar-refractivity contribution in [1.82, 2.24) is 14.6 Å². The number of nitrogen functional groups attached to an aromatic ring is 1. The molecule has 3 aromatic rings. The van der Waals surface area contributed by atoms with Gasteiger partial charge in [0.1, 0.15) is 5.82 Å². The zero-order valence-corrected chi connectivity index (χ0v) is 16.6. The molecule has 1 aliphatic rings. The molecule has 0 saturated heterocycles. The van der Waals surface area contributed by atoms with E-state index < -0.39 is 36.2 Å². The average Bonchev–Trinajstić information content (AvgIpc) is 3.19. The SMILES string of the molecule is COC(=O)CC1(CC(F)(F)F)CCc2cc(-c3cnc4ccnn4c3N)ccc2C1=O. The first-order valence-electron chi connectivity index (χ1n) is 9.53. The second-order valence-corrected chi connectivity index (χ2v) is 7.68. The molecule has 162 valence electrons. The van der Waals surface area contributed by atoms with Crippen LogP contribution in [-0.4, -0.2) is 39.6 Å². The van der Waals surface area contributed by atoms with Gasteiger partial charge in [0.05, 0.1) is 31.6 Å². The first-order valence-corrected chi connectivity index (χ1v) is 9.53. The molecule has 1 atom stereocenters. The molecule has 2 N–H and O–H groups in total. The quantitative estimate of drug-likeness (QED) is 0.633. The van der Waals surface area contributed by atoms with Gasteiger partial charge in [-0.25, -0.2) is 4.98 Å². The van der Waals surface area contributed by atoms with E-state index in [9.17, 15) is 22.8 Å². The number of aromatic nitrogens is 3. The van der Waals surface area contributed by atoms with Gasteiger partial charge in [-0.05, 0) is 24.0 Å². The Kier molecular flexibility index (Phi) is 4.95. The molecule has 0 spiro atoms. The highest BCUT2D eigenvalue weighted by atomic mass is 19.4. The zero-order valence-electron chi connectivity index (χ0n) is 16.6. The van der Waals surface area contributed by atoms with Crippen LogP contribution in [0.3, 0.4) is 0 Å². The van der Waals surface area contributed by atoms with Gasteiger partial charge < -0.3 is 10.5 Å². The Bertz CT molecular complexity index is 1190. The number of nitrogens with two attached hydrogens (primary N) is 1. The first kappa shape index (κ1) is 20.8. The molecule has 0 aliphatic heterocycles. The minimum atomic E-state index is -4.60. The Labute approximate surface area is 175 Å². The van der Waals surface area contributed by atoms with Crippen molar-refractivity contribution in [2.45, 2.75) is 31.9 Å². The van der Waals surface area contributed by atoms with Crippen LogP contribution >= 0.6 is 0 Å². The van der Waals surface area contributed by atoms with Crippen molar-refractivity contribution in [3.8, 4) is 11.1 Å². The molecule has 31 heavy (non-hydrogen) atoms. The van der Waals surface area contributed by atoms with Crippen LogP contribution in [-0.2, 0) is 16.0 Å². The molecule has 1 unspecified atom stereocenters. The number of carbonyl (C=O) groups is 2. The molecule has 1 aromatic carbocycles. The van der Waals surface area contributed by atoms with Crippen LogP contribution in [0.5, 0.6) is 0 Å². The summed E-state index contributed by atoms with van der Waals surface area (Å²) in [6.45, 7) is 0. The molecule has 4 rings (SSSR count). The first-order chi connectivity index (χ1) is 14.6. The van der Waals surface area contributed by atoms with Crippen molar-refractivity contribution in [3.05, 3.63) is 47.8 Å². The monoisotopic (exact) mass is 432 g/mol. The Morgan fingerprint density at radius 3 is 2.77 bits per heavy atom.